The Kier molecular flexibility index (Phi) is 4.14. The minimum atomic E-state index is -0.250. The molecule has 0 atom stereocenters. The number of carbonyl (C=O) groups is 1. The van der Waals surface area contributed by atoms with Crippen molar-refractivity contribution in [2.75, 3.05) is 19.8 Å². The van der Waals surface area contributed by atoms with E-state index in [2.05, 4.69) is 6.92 Å². The molecular weight excluding hydrogens is 180 g/mol. The van der Waals surface area contributed by atoms with E-state index in [4.69, 9.17) is 9.47 Å². The molecule has 1 fully saturated rings. The molecular formula is C11H18O3. The fraction of sp³-hybridized carbons (Fsp3) is 0.727. The maximum Gasteiger partial charge on any atom is 0.330 e. The number of rotatable bonds is 3. The van der Waals surface area contributed by atoms with Gasteiger partial charge < -0.3 is 9.47 Å². The van der Waals surface area contributed by atoms with Gasteiger partial charge in [-0.05, 0) is 25.2 Å². The summed E-state index contributed by atoms with van der Waals surface area (Å²) in [5.41, 5.74) is 0.102. The first-order valence-corrected chi connectivity index (χ1v) is 5.10. The fourth-order valence-electron chi connectivity index (χ4n) is 1.46. The molecule has 80 valence electrons. The molecule has 0 aliphatic carbocycles. The van der Waals surface area contributed by atoms with Crippen molar-refractivity contribution in [2.24, 2.45) is 5.41 Å². The fourth-order valence-corrected chi connectivity index (χ4v) is 1.46. The lowest BCUT2D eigenvalue weighted by atomic mass is 9.82. The molecule has 0 saturated carbocycles. The Balaban J connectivity index is 2.44. The van der Waals surface area contributed by atoms with Crippen molar-refractivity contribution in [3.8, 4) is 0 Å². The van der Waals surface area contributed by atoms with Gasteiger partial charge in [0.25, 0.3) is 0 Å². The Morgan fingerprint density at radius 2 is 2.14 bits per heavy atom. The van der Waals surface area contributed by atoms with Crippen LogP contribution in [0.1, 0.15) is 26.7 Å². The predicted octanol–water partition coefficient (Wildman–Crippen LogP) is 1.92. The number of allylic oxidation sites excluding steroid dienone is 1. The number of hydrogen-bond donors (Lipinski definition) is 0. The maximum absolute atomic E-state index is 11.1. The highest BCUT2D eigenvalue weighted by Gasteiger charge is 2.24. The van der Waals surface area contributed by atoms with Crippen molar-refractivity contribution >= 4 is 5.97 Å². The van der Waals surface area contributed by atoms with E-state index in [1.807, 2.05) is 13.0 Å². The summed E-state index contributed by atoms with van der Waals surface area (Å²) in [6.45, 7) is 5.95. The van der Waals surface area contributed by atoms with E-state index in [9.17, 15) is 4.79 Å². The smallest absolute Gasteiger partial charge is 0.330 e. The molecule has 1 heterocycles. The molecule has 0 aromatic carbocycles. The zero-order valence-electron chi connectivity index (χ0n) is 8.91. The molecule has 3 heteroatoms. The molecule has 0 radical (unpaired) electrons. The third-order valence-electron chi connectivity index (χ3n) is 2.54. The largest absolute Gasteiger partial charge is 0.463 e. The molecule has 0 N–H and O–H groups in total. The minimum Gasteiger partial charge on any atom is -0.463 e. The van der Waals surface area contributed by atoms with Gasteiger partial charge in [0.1, 0.15) is 0 Å². The van der Waals surface area contributed by atoms with E-state index in [1.165, 1.54) is 6.08 Å². The number of carbonyl (C=O) groups excluding carboxylic acids is 1. The average Bonchev–Trinajstić information content (AvgIpc) is 2.17. The second kappa shape index (κ2) is 5.15. The van der Waals surface area contributed by atoms with Crippen LogP contribution in [-0.4, -0.2) is 25.8 Å². The van der Waals surface area contributed by atoms with Crippen molar-refractivity contribution in [2.45, 2.75) is 26.7 Å². The summed E-state index contributed by atoms with van der Waals surface area (Å²) in [7, 11) is 0. The van der Waals surface area contributed by atoms with Gasteiger partial charge in [-0.1, -0.05) is 13.0 Å². The van der Waals surface area contributed by atoms with Crippen LogP contribution in [0.15, 0.2) is 12.2 Å². The quantitative estimate of drug-likeness (QED) is 0.513. The Morgan fingerprint density at radius 1 is 1.50 bits per heavy atom. The predicted molar refractivity (Wildman–Crippen MR) is 53.9 cm³/mol. The van der Waals surface area contributed by atoms with E-state index in [0.29, 0.717) is 6.61 Å². The highest BCUT2D eigenvalue weighted by molar-refractivity contribution is 5.81. The molecule has 1 rings (SSSR count). The van der Waals surface area contributed by atoms with Gasteiger partial charge in [-0.2, -0.15) is 0 Å². The molecule has 0 unspecified atom stereocenters. The summed E-state index contributed by atoms with van der Waals surface area (Å²) >= 11 is 0. The van der Waals surface area contributed by atoms with Gasteiger partial charge in [-0.25, -0.2) is 4.79 Å². The zero-order chi connectivity index (χ0) is 10.4. The molecule has 3 nitrogen and oxygen atoms in total. The van der Waals surface area contributed by atoms with Crippen molar-refractivity contribution < 1.29 is 14.3 Å². The molecule has 1 aliphatic rings. The third kappa shape index (κ3) is 3.50. The number of esters is 1. The number of hydrogen-bond acceptors (Lipinski definition) is 3. The standard InChI is InChI=1S/C11H18O3/c1-3-14-10(12)4-5-11(2)6-8-13-9-7-11/h4-5H,3,6-9H2,1-2H3/b5-4+. The van der Waals surface area contributed by atoms with Crippen LogP contribution in [0.25, 0.3) is 0 Å². The lowest BCUT2D eigenvalue weighted by Gasteiger charge is -2.30. The lowest BCUT2D eigenvalue weighted by Crippen LogP contribution is -2.24. The van der Waals surface area contributed by atoms with Crippen LogP contribution >= 0.6 is 0 Å². The van der Waals surface area contributed by atoms with Crippen molar-refractivity contribution in [1.29, 1.82) is 0 Å². The third-order valence-corrected chi connectivity index (χ3v) is 2.54. The highest BCUT2D eigenvalue weighted by Crippen LogP contribution is 2.30. The van der Waals surface area contributed by atoms with Crippen LogP contribution in [0, 0.1) is 5.41 Å². The summed E-state index contributed by atoms with van der Waals surface area (Å²) < 4.78 is 10.1. The van der Waals surface area contributed by atoms with Crippen molar-refractivity contribution in [3.05, 3.63) is 12.2 Å². The molecule has 14 heavy (non-hydrogen) atoms. The molecule has 1 aliphatic heterocycles. The second-order valence-corrected chi connectivity index (χ2v) is 3.85. The van der Waals surface area contributed by atoms with Crippen molar-refractivity contribution in [3.63, 3.8) is 0 Å². The van der Waals surface area contributed by atoms with Gasteiger partial charge in [0, 0.05) is 19.3 Å². The highest BCUT2D eigenvalue weighted by atomic mass is 16.5. The van der Waals surface area contributed by atoms with Crippen LogP contribution in [0.2, 0.25) is 0 Å². The van der Waals surface area contributed by atoms with Crippen LogP contribution in [-0.2, 0) is 14.3 Å². The SMILES string of the molecule is CCOC(=O)/C=C/C1(C)CCOCC1. The molecule has 0 amide bonds. The van der Waals surface area contributed by atoms with E-state index < -0.39 is 0 Å². The summed E-state index contributed by atoms with van der Waals surface area (Å²) in [5, 5.41) is 0. The molecule has 0 spiro atoms. The van der Waals surface area contributed by atoms with Gasteiger partial charge in [0.2, 0.25) is 0 Å². The first kappa shape index (κ1) is 11.2. The Morgan fingerprint density at radius 3 is 2.71 bits per heavy atom. The number of ether oxygens (including phenoxy) is 2. The normalized spacial score (nSPS) is 21.0. The molecule has 1 saturated heterocycles. The van der Waals surface area contributed by atoms with E-state index >= 15 is 0 Å². The van der Waals surface area contributed by atoms with Crippen LogP contribution in [0.5, 0.6) is 0 Å². The maximum atomic E-state index is 11.1. The van der Waals surface area contributed by atoms with Gasteiger partial charge in [-0.15, -0.1) is 0 Å². The van der Waals surface area contributed by atoms with E-state index in [1.54, 1.807) is 0 Å². The lowest BCUT2D eigenvalue weighted by molar-refractivity contribution is -0.137. The van der Waals surface area contributed by atoms with E-state index in [-0.39, 0.29) is 11.4 Å². The zero-order valence-corrected chi connectivity index (χ0v) is 8.91. The van der Waals surface area contributed by atoms with Crippen molar-refractivity contribution in [1.82, 2.24) is 0 Å². The van der Waals surface area contributed by atoms with Gasteiger partial charge in [0.15, 0.2) is 0 Å². The minimum absolute atomic E-state index is 0.102. The average molecular weight is 198 g/mol. The molecule has 0 aromatic heterocycles. The summed E-state index contributed by atoms with van der Waals surface area (Å²) in [6, 6.07) is 0. The van der Waals surface area contributed by atoms with Crippen LogP contribution in [0.4, 0.5) is 0 Å². The summed E-state index contributed by atoms with van der Waals surface area (Å²) in [4.78, 5) is 11.1. The topological polar surface area (TPSA) is 35.5 Å². The van der Waals surface area contributed by atoms with Gasteiger partial charge in [-0.3, -0.25) is 0 Å². The first-order chi connectivity index (χ1) is 6.66. The van der Waals surface area contributed by atoms with Crippen LogP contribution in [0.3, 0.4) is 0 Å². The van der Waals surface area contributed by atoms with Gasteiger partial charge >= 0.3 is 5.97 Å². The molecule has 0 bridgehead atoms. The first-order valence-electron chi connectivity index (χ1n) is 5.10. The summed E-state index contributed by atoms with van der Waals surface area (Å²) in [6.07, 6.45) is 5.44. The Bertz CT molecular complexity index is 215. The Hall–Kier alpha value is -0.830. The van der Waals surface area contributed by atoms with Crippen LogP contribution < -0.4 is 0 Å². The van der Waals surface area contributed by atoms with E-state index in [0.717, 1.165) is 26.1 Å². The second-order valence-electron chi connectivity index (χ2n) is 3.85. The Labute approximate surface area is 85.1 Å². The monoisotopic (exact) mass is 198 g/mol. The molecule has 0 aromatic rings. The summed E-state index contributed by atoms with van der Waals surface area (Å²) in [5.74, 6) is -0.250. The van der Waals surface area contributed by atoms with Gasteiger partial charge in [0.05, 0.1) is 6.61 Å².